The van der Waals surface area contributed by atoms with Gasteiger partial charge in [0.15, 0.2) is 16.1 Å². The summed E-state index contributed by atoms with van der Waals surface area (Å²) in [6.45, 7) is 6.78. The number of fused-ring (bicyclic) bond motifs is 1. The van der Waals surface area contributed by atoms with E-state index in [1.807, 2.05) is 0 Å². The average Bonchev–Trinajstić information content (AvgIpc) is 3.20. The number of ether oxygens (including phenoxy) is 1. The molecule has 0 fully saturated rings. The summed E-state index contributed by atoms with van der Waals surface area (Å²) in [7, 11) is 0. The van der Waals surface area contributed by atoms with Crippen LogP contribution in [0.1, 0.15) is 44.4 Å². The molecule has 0 atom stereocenters. The molecule has 9 nitrogen and oxygen atoms in total. The molecule has 0 aliphatic heterocycles. The van der Waals surface area contributed by atoms with E-state index in [1.165, 1.54) is 6.92 Å². The van der Waals surface area contributed by atoms with Gasteiger partial charge in [-0.3, -0.25) is 14.4 Å². The molecule has 3 rings (SSSR count). The number of hydrogen-bond acceptors (Lipinski definition) is 10. The van der Waals surface area contributed by atoms with Crippen molar-refractivity contribution in [3.63, 3.8) is 0 Å². The van der Waals surface area contributed by atoms with Crippen molar-refractivity contribution >= 4 is 67.4 Å². The second-order valence-electron chi connectivity index (χ2n) is 6.15. The number of esters is 1. The molecule has 0 unspecified atom stereocenters. The first kappa shape index (κ1) is 22.1. The van der Waals surface area contributed by atoms with E-state index in [0.29, 0.717) is 31.2 Å². The Morgan fingerprint density at radius 2 is 1.90 bits per heavy atom. The number of ketones is 1. The Kier molecular flexibility index (Phi) is 6.68. The van der Waals surface area contributed by atoms with Crippen LogP contribution >= 0.6 is 34.4 Å². The number of thiazole rings is 1. The number of anilines is 1. The SMILES string of the molecule is CCOC(=O)c1sc(NC(=O)CSc2nc3sc(C(C)=O)c(C)c3c(=O)[nH]2)nc1C. The highest BCUT2D eigenvalue weighted by Gasteiger charge is 2.19. The summed E-state index contributed by atoms with van der Waals surface area (Å²) in [5.41, 5.74) is 0.744. The number of carbonyl (C=O) groups excluding carboxylic acids is 3. The molecular formula is C18H18N4O5S3. The van der Waals surface area contributed by atoms with Gasteiger partial charge in [-0.15, -0.1) is 11.3 Å². The molecule has 0 aromatic carbocycles. The van der Waals surface area contributed by atoms with Gasteiger partial charge in [0.25, 0.3) is 5.56 Å². The van der Waals surface area contributed by atoms with Crippen LogP contribution in [0, 0.1) is 13.8 Å². The minimum absolute atomic E-state index is 0.0221. The highest BCUT2D eigenvalue weighted by atomic mass is 32.2. The van der Waals surface area contributed by atoms with Crippen LogP contribution in [0.3, 0.4) is 0 Å². The van der Waals surface area contributed by atoms with Crippen LogP contribution in [-0.4, -0.2) is 45.0 Å². The second kappa shape index (κ2) is 9.06. The fourth-order valence-corrected chi connectivity index (χ4v) is 5.33. The number of aromatic amines is 1. The normalized spacial score (nSPS) is 10.9. The van der Waals surface area contributed by atoms with E-state index >= 15 is 0 Å². The zero-order valence-corrected chi connectivity index (χ0v) is 19.0. The highest BCUT2D eigenvalue weighted by molar-refractivity contribution is 7.99. The lowest BCUT2D eigenvalue weighted by Gasteiger charge is -2.02. The predicted molar refractivity (Wildman–Crippen MR) is 117 cm³/mol. The molecule has 3 aromatic rings. The molecule has 3 heterocycles. The summed E-state index contributed by atoms with van der Waals surface area (Å²) >= 11 is 3.25. The third kappa shape index (κ3) is 4.60. The van der Waals surface area contributed by atoms with Crippen LogP contribution in [0.5, 0.6) is 0 Å². The first-order chi connectivity index (χ1) is 14.2. The molecule has 3 aromatic heterocycles. The minimum atomic E-state index is -0.478. The van der Waals surface area contributed by atoms with Crippen LogP contribution in [-0.2, 0) is 9.53 Å². The highest BCUT2D eigenvalue weighted by Crippen LogP contribution is 2.29. The third-order valence-corrected chi connectivity index (χ3v) is 7.16. The number of hydrogen-bond donors (Lipinski definition) is 2. The lowest BCUT2D eigenvalue weighted by atomic mass is 10.2. The van der Waals surface area contributed by atoms with Gasteiger partial charge in [-0.1, -0.05) is 23.1 Å². The molecule has 30 heavy (non-hydrogen) atoms. The smallest absolute Gasteiger partial charge is 0.350 e. The molecule has 158 valence electrons. The number of H-pyrrole nitrogens is 1. The van der Waals surface area contributed by atoms with Gasteiger partial charge >= 0.3 is 5.97 Å². The fourth-order valence-electron chi connectivity index (χ4n) is 2.65. The molecule has 0 bridgehead atoms. The van der Waals surface area contributed by atoms with Crippen molar-refractivity contribution in [2.45, 2.75) is 32.9 Å². The Bertz CT molecular complexity index is 1210. The average molecular weight is 467 g/mol. The first-order valence-electron chi connectivity index (χ1n) is 8.82. The largest absolute Gasteiger partial charge is 0.462 e. The summed E-state index contributed by atoms with van der Waals surface area (Å²) in [6, 6.07) is 0. The van der Waals surface area contributed by atoms with Crippen molar-refractivity contribution in [2.24, 2.45) is 0 Å². The van der Waals surface area contributed by atoms with Crippen molar-refractivity contribution in [3.05, 3.63) is 31.4 Å². The molecular weight excluding hydrogens is 448 g/mol. The maximum absolute atomic E-state index is 12.4. The van der Waals surface area contributed by atoms with Crippen LogP contribution in [0.4, 0.5) is 5.13 Å². The molecule has 0 spiro atoms. The standard InChI is InChI=1S/C18H18N4O5S3/c1-5-27-16(26)13-8(3)19-18(30-13)20-10(24)6-28-17-21-14(25)11-7(2)12(9(4)23)29-15(11)22-17/h5-6H2,1-4H3,(H,19,20,24)(H,21,22,25). The summed E-state index contributed by atoms with van der Waals surface area (Å²) in [4.78, 5) is 60.7. The number of amides is 1. The number of nitrogens with one attached hydrogen (secondary N) is 2. The van der Waals surface area contributed by atoms with Gasteiger partial charge in [-0.05, 0) is 33.3 Å². The Hall–Kier alpha value is -2.57. The van der Waals surface area contributed by atoms with E-state index in [2.05, 4.69) is 20.3 Å². The van der Waals surface area contributed by atoms with Gasteiger partial charge < -0.3 is 15.0 Å². The zero-order chi connectivity index (χ0) is 22.0. The number of rotatable bonds is 7. The monoisotopic (exact) mass is 466 g/mol. The van der Waals surface area contributed by atoms with Crippen molar-refractivity contribution in [3.8, 4) is 0 Å². The number of carbonyl (C=O) groups is 3. The number of Topliss-reactive ketones (excluding diaryl/α,β-unsaturated/α-hetero) is 1. The van der Waals surface area contributed by atoms with Crippen molar-refractivity contribution in [1.82, 2.24) is 15.0 Å². The summed E-state index contributed by atoms with van der Waals surface area (Å²) in [6.07, 6.45) is 0. The lowest BCUT2D eigenvalue weighted by molar-refractivity contribution is -0.113. The van der Waals surface area contributed by atoms with Gasteiger partial charge in [0.1, 0.15) is 9.71 Å². The van der Waals surface area contributed by atoms with Gasteiger partial charge in [-0.25, -0.2) is 14.8 Å². The predicted octanol–water partition coefficient (Wildman–Crippen LogP) is 3.17. The molecule has 1 amide bonds. The zero-order valence-electron chi connectivity index (χ0n) is 16.6. The van der Waals surface area contributed by atoms with Crippen LogP contribution in [0.2, 0.25) is 0 Å². The minimum Gasteiger partial charge on any atom is -0.462 e. The first-order valence-corrected chi connectivity index (χ1v) is 11.4. The molecule has 2 N–H and O–H groups in total. The number of thiophene rings is 1. The van der Waals surface area contributed by atoms with E-state index in [0.717, 1.165) is 34.4 Å². The van der Waals surface area contributed by atoms with E-state index < -0.39 is 5.97 Å². The Labute approximate surface area is 183 Å². The van der Waals surface area contributed by atoms with Crippen molar-refractivity contribution in [2.75, 3.05) is 17.7 Å². The molecule has 0 saturated carbocycles. The number of aromatic nitrogens is 3. The molecule has 0 radical (unpaired) electrons. The Morgan fingerprint density at radius 3 is 2.57 bits per heavy atom. The summed E-state index contributed by atoms with van der Waals surface area (Å²) in [5.74, 6) is -0.983. The van der Waals surface area contributed by atoms with Crippen LogP contribution in [0.25, 0.3) is 10.2 Å². The van der Waals surface area contributed by atoms with Crippen LogP contribution < -0.4 is 10.9 Å². The number of thioether (sulfide) groups is 1. The van der Waals surface area contributed by atoms with E-state index in [4.69, 9.17) is 4.74 Å². The Morgan fingerprint density at radius 1 is 1.17 bits per heavy atom. The lowest BCUT2D eigenvalue weighted by Crippen LogP contribution is -2.15. The van der Waals surface area contributed by atoms with E-state index in [1.54, 1.807) is 20.8 Å². The van der Waals surface area contributed by atoms with E-state index in [-0.39, 0.29) is 39.9 Å². The number of nitrogens with zero attached hydrogens (tertiary/aromatic N) is 2. The topological polar surface area (TPSA) is 131 Å². The van der Waals surface area contributed by atoms with Gasteiger partial charge in [-0.2, -0.15) is 0 Å². The van der Waals surface area contributed by atoms with Gasteiger partial charge in [0.2, 0.25) is 5.91 Å². The van der Waals surface area contributed by atoms with Gasteiger partial charge in [0.05, 0.1) is 28.3 Å². The second-order valence-corrected chi connectivity index (χ2v) is 9.12. The third-order valence-electron chi connectivity index (χ3n) is 3.94. The fraction of sp³-hybridized carbons (Fsp3) is 0.333. The summed E-state index contributed by atoms with van der Waals surface area (Å²) in [5, 5.41) is 3.59. The summed E-state index contributed by atoms with van der Waals surface area (Å²) < 4.78 is 4.96. The molecule has 12 heteroatoms. The van der Waals surface area contributed by atoms with Gasteiger partial charge in [0, 0.05) is 0 Å². The molecule has 0 aliphatic rings. The molecule has 0 saturated heterocycles. The quantitative estimate of drug-likeness (QED) is 0.235. The number of aryl methyl sites for hydroxylation is 2. The Balaban J connectivity index is 1.70. The van der Waals surface area contributed by atoms with Crippen LogP contribution in [0.15, 0.2) is 9.95 Å². The van der Waals surface area contributed by atoms with Crippen molar-refractivity contribution < 1.29 is 19.1 Å². The maximum Gasteiger partial charge on any atom is 0.350 e. The van der Waals surface area contributed by atoms with E-state index in [9.17, 15) is 19.2 Å². The maximum atomic E-state index is 12.4. The molecule has 0 aliphatic carbocycles. The van der Waals surface area contributed by atoms with Crippen molar-refractivity contribution in [1.29, 1.82) is 0 Å².